The Bertz CT molecular complexity index is 699. The van der Waals surface area contributed by atoms with E-state index in [0.717, 1.165) is 11.3 Å². The maximum absolute atomic E-state index is 11.3. The minimum atomic E-state index is -0.609. The molecule has 5 nitrogen and oxygen atoms in total. The van der Waals surface area contributed by atoms with Crippen molar-refractivity contribution in [3.8, 4) is 10.8 Å². The molecule has 8 heteroatoms. The maximum Gasteiger partial charge on any atom is 0.323 e. The van der Waals surface area contributed by atoms with Gasteiger partial charge in [0, 0.05) is 11.1 Å². The second-order valence-electron chi connectivity index (χ2n) is 3.77. The van der Waals surface area contributed by atoms with Gasteiger partial charge in [0.15, 0.2) is 5.78 Å². The molecule has 1 aromatic carbocycles. The van der Waals surface area contributed by atoms with Gasteiger partial charge in [0.1, 0.15) is 5.75 Å². The van der Waals surface area contributed by atoms with Gasteiger partial charge in [0.25, 0.3) is 5.06 Å². The molecule has 1 heterocycles. The highest BCUT2D eigenvalue weighted by Crippen LogP contribution is 2.42. The standard InChI is InChI=1S/C12H7Cl2NO4S/c1-6(16)11-5-9(15(17)18)12(20-11)19-10-3-2-7(13)4-8(10)14/h2-5H,1H3. The van der Waals surface area contributed by atoms with Gasteiger partial charge in [-0.15, -0.1) is 0 Å². The number of hydrogen-bond donors (Lipinski definition) is 0. The Labute approximate surface area is 127 Å². The summed E-state index contributed by atoms with van der Waals surface area (Å²) in [6, 6.07) is 5.70. The van der Waals surface area contributed by atoms with Gasteiger partial charge in [-0.05, 0) is 25.1 Å². The van der Waals surface area contributed by atoms with E-state index < -0.39 is 4.92 Å². The lowest BCUT2D eigenvalue weighted by Gasteiger charge is -2.05. The molecule has 0 atom stereocenters. The van der Waals surface area contributed by atoms with E-state index >= 15 is 0 Å². The zero-order valence-corrected chi connectivity index (χ0v) is 12.4. The van der Waals surface area contributed by atoms with Gasteiger partial charge in [-0.3, -0.25) is 14.9 Å². The highest BCUT2D eigenvalue weighted by molar-refractivity contribution is 7.16. The first-order valence-corrected chi connectivity index (χ1v) is 6.88. The maximum atomic E-state index is 11.3. The minimum Gasteiger partial charge on any atom is -0.438 e. The fourth-order valence-electron chi connectivity index (χ4n) is 1.40. The van der Waals surface area contributed by atoms with E-state index in [1.165, 1.54) is 25.1 Å². The molecule has 0 saturated carbocycles. The molecule has 0 bridgehead atoms. The van der Waals surface area contributed by atoms with Crippen molar-refractivity contribution in [2.45, 2.75) is 6.92 Å². The summed E-state index contributed by atoms with van der Waals surface area (Å²) in [7, 11) is 0. The Balaban J connectivity index is 2.42. The van der Waals surface area contributed by atoms with Gasteiger partial charge in [-0.2, -0.15) is 0 Å². The molecule has 0 saturated heterocycles. The molecule has 0 aliphatic rings. The molecule has 2 rings (SSSR count). The number of nitro groups is 1. The Morgan fingerprint density at radius 3 is 2.60 bits per heavy atom. The predicted molar refractivity (Wildman–Crippen MR) is 77.5 cm³/mol. The van der Waals surface area contributed by atoms with Crippen LogP contribution < -0.4 is 4.74 Å². The first kappa shape index (κ1) is 14.8. The van der Waals surface area contributed by atoms with E-state index in [1.54, 1.807) is 6.07 Å². The average molecular weight is 332 g/mol. The Hall–Kier alpha value is -1.63. The van der Waals surface area contributed by atoms with Crippen LogP contribution in [0.25, 0.3) is 0 Å². The number of nitrogens with zero attached hydrogens (tertiary/aromatic N) is 1. The summed E-state index contributed by atoms with van der Waals surface area (Å²) < 4.78 is 5.42. The van der Waals surface area contributed by atoms with E-state index in [-0.39, 0.29) is 32.2 Å². The van der Waals surface area contributed by atoms with Gasteiger partial charge in [-0.1, -0.05) is 34.5 Å². The molecule has 0 amide bonds. The normalized spacial score (nSPS) is 10.3. The average Bonchev–Trinajstić information content (AvgIpc) is 2.77. The molecule has 0 fully saturated rings. The molecule has 0 N–H and O–H groups in total. The van der Waals surface area contributed by atoms with Crippen molar-refractivity contribution in [2.75, 3.05) is 0 Å². The van der Waals surface area contributed by atoms with Crippen LogP contribution in [-0.2, 0) is 0 Å². The smallest absolute Gasteiger partial charge is 0.323 e. The van der Waals surface area contributed by atoms with Gasteiger partial charge in [-0.25, -0.2) is 0 Å². The van der Waals surface area contributed by atoms with E-state index in [1.807, 2.05) is 0 Å². The lowest BCUT2D eigenvalue weighted by Crippen LogP contribution is -1.90. The van der Waals surface area contributed by atoms with E-state index in [2.05, 4.69) is 0 Å². The highest BCUT2D eigenvalue weighted by atomic mass is 35.5. The van der Waals surface area contributed by atoms with Gasteiger partial charge in [0.05, 0.1) is 14.8 Å². The van der Waals surface area contributed by atoms with Crippen molar-refractivity contribution in [3.05, 3.63) is 49.3 Å². The molecule has 0 radical (unpaired) electrons. The Morgan fingerprint density at radius 1 is 1.35 bits per heavy atom. The number of benzene rings is 1. The summed E-state index contributed by atoms with van der Waals surface area (Å²) in [6.45, 7) is 1.33. The summed E-state index contributed by atoms with van der Waals surface area (Å²) in [4.78, 5) is 21.9. The largest absolute Gasteiger partial charge is 0.438 e. The topological polar surface area (TPSA) is 69.4 Å². The zero-order valence-electron chi connectivity index (χ0n) is 10.1. The van der Waals surface area contributed by atoms with Crippen LogP contribution >= 0.6 is 34.5 Å². The van der Waals surface area contributed by atoms with Crippen LogP contribution in [0.4, 0.5) is 5.69 Å². The molecule has 0 aliphatic heterocycles. The first-order valence-electron chi connectivity index (χ1n) is 5.30. The number of carbonyl (C=O) groups is 1. The summed E-state index contributed by atoms with van der Waals surface area (Å²) >= 11 is 12.6. The SMILES string of the molecule is CC(=O)c1cc([N+](=O)[O-])c(Oc2ccc(Cl)cc2Cl)s1. The van der Waals surface area contributed by atoms with Crippen molar-refractivity contribution in [3.63, 3.8) is 0 Å². The molecule has 0 spiro atoms. The van der Waals surface area contributed by atoms with E-state index in [4.69, 9.17) is 27.9 Å². The van der Waals surface area contributed by atoms with E-state index in [9.17, 15) is 14.9 Å². The van der Waals surface area contributed by atoms with Gasteiger partial charge < -0.3 is 4.74 Å². The van der Waals surface area contributed by atoms with Crippen LogP contribution in [0.1, 0.15) is 16.6 Å². The molecular formula is C12H7Cl2NO4S. The zero-order chi connectivity index (χ0) is 14.9. The van der Waals surface area contributed by atoms with Gasteiger partial charge >= 0.3 is 5.69 Å². The summed E-state index contributed by atoms with van der Waals surface area (Å²) in [5.41, 5.74) is -0.272. The number of thiophene rings is 1. The number of ether oxygens (including phenoxy) is 1. The van der Waals surface area contributed by atoms with Crippen molar-refractivity contribution in [1.29, 1.82) is 0 Å². The van der Waals surface area contributed by atoms with Crippen LogP contribution in [-0.4, -0.2) is 10.7 Å². The highest BCUT2D eigenvalue weighted by Gasteiger charge is 2.23. The van der Waals surface area contributed by atoms with Crippen LogP contribution in [0.15, 0.2) is 24.3 Å². The molecule has 0 aliphatic carbocycles. The summed E-state index contributed by atoms with van der Waals surface area (Å²) in [5.74, 6) is -0.0359. The number of Topliss-reactive ketones (excluding diaryl/α,β-unsaturated/α-hetero) is 1. The van der Waals surface area contributed by atoms with Crippen LogP contribution in [0.5, 0.6) is 10.8 Å². The second kappa shape index (κ2) is 5.78. The Morgan fingerprint density at radius 2 is 2.05 bits per heavy atom. The van der Waals surface area contributed by atoms with E-state index in [0.29, 0.717) is 5.02 Å². The lowest BCUT2D eigenvalue weighted by atomic mass is 10.3. The number of rotatable bonds is 4. The third-order valence-corrected chi connectivity index (χ3v) is 3.95. The fraction of sp³-hybridized carbons (Fsp3) is 0.0833. The lowest BCUT2D eigenvalue weighted by molar-refractivity contribution is -0.385. The number of halogens is 2. The van der Waals surface area contributed by atoms with Crippen molar-refractivity contribution >= 4 is 46.0 Å². The van der Waals surface area contributed by atoms with Crippen LogP contribution in [0.3, 0.4) is 0 Å². The quantitative estimate of drug-likeness (QED) is 0.451. The third kappa shape index (κ3) is 3.09. The summed E-state index contributed by atoms with van der Waals surface area (Å²) in [5, 5.41) is 11.6. The Kier molecular flexibility index (Phi) is 4.27. The fourth-order valence-corrected chi connectivity index (χ4v) is 2.73. The summed E-state index contributed by atoms with van der Waals surface area (Å²) in [6.07, 6.45) is 0. The second-order valence-corrected chi connectivity index (χ2v) is 5.63. The van der Waals surface area contributed by atoms with Crippen molar-refractivity contribution in [2.24, 2.45) is 0 Å². The first-order chi connectivity index (χ1) is 9.38. The number of carbonyl (C=O) groups excluding carboxylic acids is 1. The van der Waals surface area contributed by atoms with Crippen molar-refractivity contribution in [1.82, 2.24) is 0 Å². The van der Waals surface area contributed by atoms with Crippen LogP contribution in [0.2, 0.25) is 10.0 Å². The minimum absolute atomic E-state index is 0.00409. The number of ketones is 1. The van der Waals surface area contributed by atoms with Crippen LogP contribution in [0, 0.1) is 10.1 Å². The molecule has 1 aromatic heterocycles. The molecule has 104 valence electrons. The molecule has 0 unspecified atom stereocenters. The molecule has 20 heavy (non-hydrogen) atoms. The molecule has 2 aromatic rings. The third-order valence-electron chi connectivity index (χ3n) is 2.32. The molecular weight excluding hydrogens is 325 g/mol. The van der Waals surface area contributed by atoms with Crippen molar-refractivity contribution < 1.29 is 14.5 Å². The predicted octanol–water partition coefficient (Wildman–Crippen LogP) is 4.96. The number of hydrogen-bond acceptors (Lipinski definition) is 5. The van der Waals surface area contributed by atoms with Gasteiger partial charge in [0.2, 0.25) is 0 Å². The monoisotopic (exact) mass is 331 g/mol.